The molecule has 1 aliphatic rings. The van der Waals surface area contributed by atoms with Crippen molar-refractivity contribution in [3.05, 3.63) is 72.0 Å². The minimum atomic E-state index is -0.357. The van der Waals surface area contributed by atoms with E-state index in [1.54, 1.807) is 13.2 Å². The maximum absolute atomic E-state index is 14.8. The number of nitrogens with one attached hydrogen (secondary N) is 1. The van der Waals surface area contributed by atoms with Crippen molar-refractivity contribution in [1.29, 1.82) is 0 Å². The van der Waals surface area contributed by atoms with Gasteiger partial charge in [-0.05, 0) is 54.3 Å². The number of aromatic nitrogens is 1. The van der Waals surface area contributed by atoms with Gasteiger partial charge in [-0.15, -0.1) is 0 Å². The van der Waals surface area contributed by atoms with Gasteiger partial charge in [0.15, 0.2) is 10.9 Å². The summed E-state index contributed by atoms with van der Waals surface area (Å²) >= 11 is 1.44. The lowest BCUT2D eigenvalue weighted by Gasteiger charge is -2.23. The Balaban J connectivity index is 1.34. The van der Waals surface area contributed by atoms with Crippen LogP contribution in [0.25, 0.3) is 21.3 Å². The van der Waals surface area contributed by atoms with Crippen molar-refractivity contribution in [3.8, 4) is 16.9 Å². The average Bonchev–Trinajstić information content (AvgIpc) is 3.15. The lowest BCUT2D eigenvalue weighted by atomic mass is 9.80. The zero-order valence-corrected chi connectivity index (χ0v) is 17.8. The summed E-state index contributed by atoms with van der Waals surface area (Å²) in [6.07, 6.45) is 3.12. The molecule has 0 bridgehead atoms. The van der Waals surface area contributed by atoms with Gasteiger partial charge in [-0.2, -0.15) is 0 Å². The molecule has 31 heavy (non-hydrogen) atoms. The highest BCUT2D eigenvalue weighted by Crippen LogP contribution is 2.33. The van der Waals surface area contributed by atoms with Crippen molar-refractivity contribution in [2.75, 3.05) is 12.4 Å². The van der Waals surface area contributed by atoms with Crippen molar-refractivity contribution in [1.82, 2.24) is 4.98 Å². The van der Waals surface area contributed by atoms with Gasteiger partial charge in [-0.3, -0.25) is 4.79 Å². The third-order valence-electron chi connectivity index (χ3n) is 5.79. The van der Waals surface area contributed by atoms with Gasteiger partial charge in [-0.25, -0.2) is 9.37 Å². The molecule has 0 spiro atoms. The second-order valence-electron chi connectivity index (χ2n) is 7.74. The second kappa shape index (κ2) is 8.12. The number of anilines is 2. The minimum absolute atomic E-state index is 0.178. The number of carbonyl (C=O) groups excluding carboxylic acids is 1. The van der Waals surface area contributed by atoms with E-state index in [1.165, 1.54) is 17.4 Å². The van der Waals surface area contributed by atoms with Crippen LogP contribution in [0.3, 0.4) is 0 Å². The van der Waals surface area contributed by atoms with Crippen LogP contribution in [0, 0.1) is 11.7 Å². The summed E-state index contributed by atoms with van der Waals surface area (Å²) in [5.41, 5.74) is 3.58. The van der Waals surface area contributed by atoms with E-state index in [2.05, 4.69) is 10.3 Å². The van der Waals surface area contributed by atoms with E-state index >= 15 is 0 Å². The van der Waals surface area contributed by atoms with Crippen LogP contribution in [-0.2, 0) is 0 Å². The van der Waals surface area contributed by atoms with Crippen molar-refractivity contribution in [3.63, 3.8) is 0 Å². The molecule has 5 rings (SSSR count). The zero-order valence-electron chi connectivity index (χ0n) is 17.0. The van der Waals surface area contributed by atoms with Crippen molar-refractivity contribution >= 4 is 38.2 Å². The number of thiazole rings is 1. The summed E-state index contributed by atoms with van der Waals surface area (Å²) in [4.78, 5) is 16.9. The minimum Gasteiger partial charge on any atom is -0.497 e. The van der Waals surface area contributed by atoms with E-state index < -0.39 is 0 Å². The van der Waals surface area contributed by atoms with E-state index in [-0.39, 0.29) is 17.5 Å². The molecule has 0 radical (unpaired) electrons. The van der Waals surface area contributed by atoms with Crippen LogP contribution < -0.4 is 10.1 Å². The fraction of sp³-hybridized carbons (Fsp3) is 0.200. The van der Waals surface area contributed by atoms with E-state index in [0.717, 1.165) is 51.9 Å². The Labute approximate surface area is 183 Å². The maximum Gasteiger partial charge on any atom is 0.188 e. The second-order valence-corrected chi connectivity index (χ2v) is 8.77. The third kappa shape index (κ3) is 3.91. The topological polar surface area (TPSA) is 51.2 Å². The summed E-state index contributed by atoms with van der Waals surface area (Å²) in [7, 11) is 1.62. The van der Waals surface area contributed by atoms with E-state index in [9.17, 15) is 9.18 Å². The van der Waals surface area contributed by atoms with Crippen LogP contribution in [0.5, 0.6) is 5.75 Å². The Morgan fingerprint density at radius 3 is 2.52 bits per heavy atom. The summed E-state index contributed by atoms with van der Waals surface area (Å²) in [5.74, 6) is 0.803. The number of ketones is 1. The standard InChI is InChI=1S/C25H21FN2O2S/c1-30-19-10-12-22-23(14-19)31-25(28-22)27-21-11-9-18(13-20(21)26)15-5-7-17(8-6-15)24(29)16-3-2-4-16/h5-14,16H,2-4H2,1H3,(H,27,28). The highest BCUT2D eigenvalue weighted by Gasteiger charge is 2.26. The fourth-order valence-corrected chi connectivity index (χ4v) is 4.64. The van der Waals surface area contributed by atoms with Crippen LogP contribution in [0.1, 0.15) is 29.6 Å². The first-order chi connectivity index (χ1) is 15.1. The van der Waals surface area contributed by atoms with E-state index in [0.29, 0.717) is 10.8 Å². The molecule has 4 aromatic rings. The van der Waals surface area contributed by atoms with Crippen LogP contribution in [0.4, 0.5) is 15.2 Å². The highest BCUT2D eigenvalue weighted by molar-refractivity contribution is 7.22. The molecule has 1 heterocycles. The van der Waals surface area contributed by atoms with Gasteiger partial charge >= 0.3 is 0 Å². The normalized spacial score (nSPS) is 13.7. The number of rotatable bonds is 6. The van der Waals surface area contributed by atoms with Gasteiger partial charge < -0.3 is 10.1 Å². The predicted octanol–water partition coefficient (Wildman–Crippen LogP) is 6.84. The number of fused-ring (bicyclic) bond motifs is 1. The molecule has 0 saturated heterocycles. The summed E-state index contributed by atoms with van der Waals surface area (Å²) in [6.45, 7) is 0. The molecule has 1 aliphatic carbocycles. The van der Waals surface area contributed by atoms with Gasteiger partial charge in [0.25, 0.3) is 0 Å². The van der Waals surface area contributed by atoms with Gasteiger partial charge in [0.1, 0.15) is 11.6 Å². The number of hydrogen-bond donors (Lipinski definition) is 1. The molecule has 6 heteroatoms. The number of Topliss-reactive ketones (excluding diaryl/α,β-unsaturated/α-hetero) is 1. The zero-order chi connectivity index (χ0) is 21.4. The Kier molecular flexibility index (Phi) is 5.16. The van der Waals surface area contributed by atoms with Gasteiger partial charge in [-0.1, -0.05) is 48.1 Å². The average molecular weight is 433 g/mol. The lowest BCUT2D eigenvalue weighted by molar-refractivity contribution is 0.0855. The van der Waals surface area contributed by atoms with Crippen molar-refractivity contribution in [2.45, 2.75) is 19.3 Å². The molecular weight excluding hydrogens is 411 g/mol. The number of methoxy groups -OCH3 is 1. The van der Waals surface area contributed by atoms with Crippen LogP contribution in [0.15, 0.2) is 60.7 Å². The lowest BCUT2D eigenvalue weighted by Crippen LogP contribution is -2.21. The number of halogens is 1. The molecule has 0 amide bonds. The molecule has 3 aromatic carbocycles. The van der Waals surface area contributed by atoms with Crippen LogP contribution >= 0.6 is 11.3 Å². The van der Waals surface area contributed by atoms with Gasteiger partial charge in [0.2, 0.25) is 0 Å². The monoisotopic (exact) mass is 432 g/mol. The molecular formula is C25H21FN2O2S. The third-order valence-corrected chi connectivity index (χ3v) is 6.72. The number of ether oxygens (including phenoxy) is 1. The smallest absolute Gasteiger partial charge is 0.188 e. The quantitative estimate of drug-likeness (QED) is 0.339. The Hall–Kier alpha value is -3.25. The Morgan fingerprint density at radius 1 is 1.06 bits per heavy atom. The molecule has 156 valence electrons. The maximum atomic E-state index is 14.8. The fourth-order valence-electron chi connectivity index (χ4n) is 3.73. The summed E-state index contributed by atoms with van der Waals surface area (Å²) in [5, 5.41) is 3.69. The van der Waals surface area contributed by atoms with Crippen molar-refractivity contribution < 1.29 is 13.9 Å². The Bertz CT molecular complexity index is 1260. The van der Waals surface area contributed by atoms with Gasteiger partial charge in [0.05, 0.1) is 23.0 Å². The molecule has 4 nitrogen and oxygen atoms in total. The SMILES string of the molecule is COc1ccc2nc(Nc3ccc(-c4ccc(C(=O)C5CCC5)cc4)cc3F)sc2c1. The molecule has 0 unspecified atom stereocenters. The predicted molar refractivity (Wildman–Crippen MR) is 123 cm³/mol. The highest BCUT2D eigenvalue weighted by atomic mass is 32.1. The first-order valence-electron chi connectivity index (χ1n) is 10.3. The van der Waals surface area contributed by atoms with Crippen molar-refractivity contribution in [2.24, 2.45) is 5.92 Å². The first kappa shape index (κ1) is 19.7. The molecule has 1 N–H and O–H groups in total. The summed E-state index contributed by atoms with van der Waals surface area (Å²) in [6, 6.07) is 18.2. The summed E-state index contributed by atoms with van der Waals surface area (Å²) < 4.78 is 21.0. The van der Waals surface area contributed by atoms with Crippen LogP contribution in [-0.4, -0.2) is 17.9 Å². The molecule has 0 atom stereocenters. The van der Waals surface area contributed by atoms with Gasteiger partial charge in [0, 0.05) is 11.5 Å². The van der Waals surface area contributed by atoms with E-state index in [1.807, 2.05) is 48.5 Å². The van der Waals surface area contributed by atoms with Crippen LogP contribution in [0.2, 0.25) is 0 Å². The number of nitrogens with zero attached hydrogens (tertiary/aromatic N) is 1. The Morgan fingerprint density at radius 2 is 1.84 bits per heavy atom. The molecule has 1 aromatic heterocycles. The largest absolute Gasteiger partial charge is 0.497 e. The number of benzene rings is 3. The first-order valence-corrected chi connectivity index (χ1v) is 11.1. The molecule has 1 fully saturated rings. The van der Waals surface area contributed by atoms with E-state index in [4.69, 9.17) is 4.74 Å². The molecule has 1 saturated carbocycles. The molecule has 0 aliphatic heterocycles. The number of carbonyl (C=O) groups is 1. The number of hydrogen-bond acceptors (Lipinski definition) is 5.